The van der Waals surface area contributed by atoms with Crippen molar-refractivity contribution in [3.63, 3.8) is 0 Å². The van der Waals surface area contributed by atoms with Crippen LogP contribution in [0.2, 0.25) is 0 Å². The second-order valence-corrected chi connectivity index (χ2v) is 7.16. The van der Waals surface area contributed by atoms with Crippen LogP contribution in [0.15, 0.2) is 0 Å². The number of primary amides is 1. The number of rotatable bonds is 4. The topological polar surface area (TPSA) is 113 Å². The fraction of sp³-hybridized carbons (Fsp3) is 0.750. The summed E-state index contributed by atoms with van der Waals surface area (Å²) in [7, 11) is 0. The monoisotopic (exact) mass is 303 g/mol. The van der Waals surface area contributed by atoms with E-state index in [0.29, 0.717) is 13.1 Å². The highest BCUT2D eigenvalue weighted by molar-refractivity contribution is 8.00. The Balaban J connectivity index is 2.60. The van der Waals surface area contributed by atoms with Gasteiger partial charge in [0.2, 0.25) is 5.91 Å². The molecule has 0 saturated carbocycles. The lowest BCUT2D eigenvalue weighted by molar-refractivity contribution is -0.140. The van der Waals surface area contributed by atoms with E-state index in [1.807, 2.05) is 0 Å². The summed E-state index contributed by atoms with van der Waals surface area (Å²) in [6.07, 6.45) is 0.424. The predicted octanol–water partition coefficient (Wildman–Crippen LogP) is 0.242. The molecule has 0 aromatic rings. The van der Waals surface area contributed by atoms with Gasteiger partial charge >= 0.3 is 12.0 Å². The average molecular weight is 303 g/mol. The Bertz CT molecular complexity index is 400. The van der Waals surface area contributed by atoms with Crippen molar-refractivity contribution in [2.45, 2.75) is 37.5 Å². The zero-order valence-electron chi connectivity index (χ0n) is 11.7. The van der Waals surface area contributed by atoms with Gasteiger partial charge in [-0.15, -0.1) is 0 Å². The van der Waals surface area contributed by atoms with Crippen LogP contribution in [0.1, 0.15) is 26.7 Å². The van der Waals surface area contributed by atoms with Gasteiger partial charge in [-0.1, -0.05) is 13.8 Å². The van der Waals surface area contributed by atoms with Gasteiger partial charge in [-0.25, -0.2) is 9.59 Å². The Morgan fingerprint density at radius 2 is 2.05 bits per heavy atom. The van der Waals surface area contributed by atoms with Crippen molar-refractivity contribution in [3.05, 3.63) is 0 Å². The fourth-order valence-corrected chi connectivity index (χ4v) is 2.96. The Hall–Kier alpha value is -1.44. The van der Waals surface area contributed by atoms with Crippen LogP contribution in [-0.2, 0) is 9.59 Å². The summed E-state index contributed by atoms with van der Waals surface area (Å²) >= 11 is 1.79. The number of carbonyl (C=O) groups is 3. The highest BCUT2D eigenvalue weighted by Crippen LogP contribution is 2.30. The van der Waals surface area contributed by atoms with Gasteiger partial charge in [0.1, 0.15) is 6.04 Å². The average Bonchev–Trinajstić information content (AvgIpc) is 2.48. The van der Waals surface area contributed by atoms with E-state index in [9.17, 15) is 14.4 Å². The van der Waals surface area contributed by atoms with E-state index in [-0.39, 0.29) is 4.75 Å². The van der Waals surface area contributed by atoms with Gasteiger partial charge in [-0.05, 0) is 6.42 Å². The lowest BCUT2D eigenvalue weighted by Gasteiger charge is -2.24. The summed E-state index contributed by atoms with van der Waals surface area (Å²) in [6.45, 7) is 5.36. The second-order valence-electron chi connectivity index (χ2n) is 5.36. The number of aliphatic carboxylic acids is 1. The molecular formula is C12H21N3O4S. The maximum atomic E-state index is 12.0. The standard InChI is InChI=1S/C12H21N3O4S/c1-12(2)3-4-15(5-6-20-12)11(19)14-8(10(17)18)7-9(13)16/h8H,3-7H2,1-2H3,(H2,13,16)(H,14,19)(H,17,18)/t8-/m0/s1. The largest absolute Gasteiger partial charge is 0.480 e. The third-order valence-electron chi connectivity index (χ3n) is 3.13. The van der Waals surface area contributed by atoms with Crippen LogP contribution >= 0.6 is 11.8 Å². The molecule has 1 atom stereocenters. The molecular weight excluding hydrogens is 282 g/mol. The van der Waals surface area contributed by atoms with E-state index in [0.717, 1.165) is 12.2 Å². The molecule has 1 rings (SSSR count). The molecule has 1 fully saturated rings. The molecule has 1 aliphatic heterocycles. The molecule has 3 amide bonds. The SMILES string of the molecule is CC1(C)CCN(C(=O)N[C@@H](CC(N)=O)C(=O)O)CCS1. The summed E-state index contributed by atoms with van der Waals surface area (Å²) in [5.41, 5.74) is 4.98. The third-order valence-corrected chi connectivity index (χ3v) is 4.50. The minimum absolute atomic E-state index is 0.106. The minimum Gasteiger partial charge on any atom is -0.480 e. The third kappa shape index (κ3) is 5.28. The first-order valence-corrected chi connectivity index (χ1v) is 7.40. The molecule has 0 aromatic heterocycles. The van der Waals surface area contributed by atoms with Crippen LogP contribution in [0.3, 0.4) is 0 Å². The summed E-state index contributed by atoms with van der Waals surface area (Å²) < 4.78 is 0.106. The summed E-state index contributed by atoms with van der Waals surface area (Å²) in [5.74, 6) is -1.22. The summed E-state index contributed by atoms with van der Waals surface area (Å²) in [6, 6.07) is -1.74. The van der Waals surface area contributed by atoms with Crippen molar-refractivity contribution in [2.75, 3.05) is 18.8 Å². The fourth-order valence-electron chi connectivity index (χ4n) is 1.86. The molecule has 0 aromatic carbocycles. The molecule has 0 unspecified atom stereocenters. The number of carboxylic acid groups (broad SMARTS) is 1. The van der Waals surface area contributed by atoms with Gasteiger partial charge in [0, 0.05) is 23.6 Å². The number of amides is 3. The first-order chi connectivity index (χ1) is 9.21. The summed E-state index contributed by atoms with van der Waals surface area (Å²) in [4.78, 5) is 35.4. The molecule has 0 spiro atoms. The zero-order valence-corrected chi connectivity index (χ0v) is 12.5. The maximum Gasteiger partial charge on any atom is 0.326 e. The predicted molar refractivity (Wildman–Crippen MR) is 76.5 cm³/mol. The smallest absolute Gasteiger partial charge is 0.326 e. The molecule has 4 N–H and O–H groups in total. The van der Waals surface area contributed by atoms with Crippen LogP contribution in [0.4, 0.5) is 4.79 Å². The number of nitrogens with one attached hydrogen (secondary N) is 1. The highest BCUT2D eigenvalue weighted by Gasteiger charge is 2.28. The van der Waals surface area contributed by atoms with Crippen LogP contribution in [0.5, 0.6) is 0 Å². The normalized spacial score (nSPS) is 19.8. The van der Waals surface area contributed by atoms with Crippen LogP contribution in [0.25, 0.3) is 0 Å². The van der Waals surface area contributed by atoms with E-state index < -0.39 is 30.4 Å². The van der Waals surface area contributed by atoms with Crippen LogP contribution in [-0.4, -0.2) is 57.5 Å². The van der Waals surface area contributed by atoms with Crippen molar-refractivity contribution in [3.8, 4) is 0 Å². The Kier molecular flexibility index (Phi) is 5.67. The number of hydrogen-bond donors (Lipinski definition) is 3. The van der Waals surface area contributed by atoms with Crippen LogP contribution < -0.4 is 11.1 Å². The highest BCUT2D eigenvalue weighted by atomic mass is 32.2. The van der Waals surface area contributed by atoms with Crippen molar-refractivity contribution in [1.82, 2.24) is 10.2 Å². The van der Waals surface area contributed by atoms with Gasteiger partial charge in [-0.3, -0.25) is 4.79 Å². The molecule has 1 saturated heterocycles. The first-order valence-electron chi connectivity index (χ1n) is 6.42. The zero-order chi connectivity index (χ0) is 15.3. The molecule has 0 radical (unpaired) electrons. The van der Waals surface area contributed by atoms with Gasteiger partial charge in [-0.2, -0.15) is 11.8 Å². The number of nitrogens with zero attached hydrogens (tertiary/aromatic N) is 1. The number of thioether (sulfide) groups is 1. The van der Waals surface area contributed by atoms with Crippen molar-refractivity contribution < 1.29 is 19.5 Å². The summed E-state index contributed by atoms with van der Waals surface area (Å²) in [5, 5.41) is 11.3. The Labute approximate surface area is 122 Å². The van der Waals surface area contributed by atoms with Gasteiger partial charge < -0.3 is 21.1 Å². The van der Waals surface area contributed by atoms with E-state index in [4.69, 9.17) is 10.8 Å². The Morgan fingerprint density at radius 1 is 1.40 bits per heavy atom. The lowest BCUT2D eigenvalue weighted by Crippen LogP contribution is -2.49. The van der Waals surface area contributed by atoms with E-state index in [2.05, 4.69) is 19.2 Å². The van der Waals surface area contributed by atoms with Crippen molar-refractivity contribution in [2.24, 2.45) is 5.73 Å². The van der Waals surface area contributed by atoms with Gasteiger partial charge in [0.05, 0.1) is 6.42 Å². The van der Waals surface area contributed by atoms with E-state index >= 15 is 0 Å². The van der Waals surface area contributed by atoms with E-state index in [1.54, 1.807) is 16.7 Å². The number of carbonyl (C=O) groups excluding carboxylic acids is 2. The van der Waals surface area contributed by atoms with Gasteiger partial charge in [0.15, 0.2) is 0 Å². The number of nitrogens with two attached hydrogens (primary N) is 1. The molecule has 114 valence electrons. The van der Waals surface area contributed by atoms with Crippen LogP contribution in [0, 0.1) is 0 Å². The van der Waals surface area contributed by atoms with E-state index in [1.165, 1.54) is 0 Å². The maximum absolute atomic E-state index is 12.0. The number of carboxylic acids is 1. The first kappa shape index (κ1) is 16.6. The molecule has 8 heteroatoms. The molecule has 7 nitrogen and oxygen atoms in total. The van der Waals surface area contributed by atoms with Crippen molar-refractivity contribution in [1.29, 1.82) is 0 Å². The lowest BCUT2D eigenvalue weighted by atomic mass is 10.1. The number of urea groups is 1. The molecule has 0 aliphatic carbocycles. The molecule has 1 heterocycles. The minimum atomic E-state index is -1.27. The van der Waals surface area contributed by atoms with Gasteiger partial charge in [0.25, 0.3) is 0 Å². The molecule has 20 heavy (non-hydrogen) atoms. The second kappa shape index (κ2) is 6.83. The van der Waals surface area contributed by atoms with Crippen molar-refractivity contribution >= 4 is 29.7 Å². The molecule has 0 bridgehead atoms. The number of hydrogen-bond acceptors (Lipinski definition) is 4. The Morgan fingerprint density at radius 3 is 2.60 bits per heavy atom. The molecule has 1 aliphatic rings. The quantitative estimate of drug-likeness (QED) is 0.688.